The van der Waals surface area contributed by atoms with Gasteiger partial charge in [-0.25, -0.2) is 0 Å². The van der Waals surface area contributed by atoms with E-state index in [-0.39, 0.29) is 12.5 Å². The van der Waals surface area contributed by atoms with Crippen molar-refractivity contribution in [3.63, 3.8) is 0 Å². The quantitative estimate of drug-likeness (QED) is 0.567. The van der Waals surface area contributed by atoms with Crippen LogP contribution in [0.3, 0.4) is 0 Å². The van der Waals surface area contributed by atoms with Gasteiger partial charge in [-0.3, -0.25) is 4.79 Å². The maximum atomic E-state index is 12.2. The number of hydrogen-bond donors (Lipinski definition) is 2. The Morgan fingerprint density at radius 3 is 2.55 bits per heavy atom. The number of hydrogen-bond acceptors (Lipinski definition) is 4. The van der Waals surface area contributed by atoms with Crippen LogP contribution in [-0.4, -0.2) is 25.7 Å². The average Bonchev–Trinajstić information content (AvgIpc) is 2.73. The van der Waals surface area contributed by atoms with Gasteiger partial charge >= 0.3 is 0 Å². The van der Waals surface area contributed by atoms with E-state index in [1.165, 1.54) is 32.1 Å². The second kappa shape index (κ2) is 10.6. The average molecular weight is 461 g/mol. The summed E-state index contributed by atoms with van der Waals surface area (Å²) in [4.78, 5) is 12.2. The third-order valence-corrected chi connectivity index (χ3v) is 5.76. The number of amides is 1. The minimum Gasteiger partial charge on any atom is -0.493 e. The summed E-state index contributed by atoms with van der Waals surface area (Å²) in [5.41, 5.74) is 3.01. The molecule has 6 heteroatoms. The van der Waals surface area contributed by atoms with Crippen molar-refractivity contribution in [3.8, 4) is 11.5 Å². The topological polar surface area (TPSA) is 59.6 Å². The lowest BCUT2D eigenvalue weighted by Crippen LogP contribution is -2.30. The minimum atomic E-state index is -0.217. The van der Waals surface area contributed by atoms with Gasteiger partial charge in [0.1, 0.15) is 0 Å². The van der Waals surface area contributed by atoms with E-state index in [1.807, 2.05) is 43.3 Å². The lowest BCUT2D eigenvalue weighted by molar-refractivity contribution is -0.118. The molecule has 0 heterocycles. The Morgan fingerprint density at radius 1 is 1.14 bits per heavy atom. The molecule has 0 aromatic heterocycles. The summed E-state index contributed by atoms with van der Waals surface area (Å²) in [7, 11) is 1.61. The molecule has 1 aliphatic rings. The lowest BCUT2D eigenvalue weighted by atomic mass is 9.95. The highest BCUT2D eigenvalue weighted by molar-refractivity contribution is 9.10. The van der Waals surface area contributed by atoms with Crippen molar-refractivity contribution in [3.05, 3.63) is 52.0 Å². The molecule has 5 nitrogen and oxygen atoms in total. The summed E-state index contributed by atoms with van der Waals surface area (Å²) in [6, 6.07) is 12.2. The van der Waals surface area contributed by atoms with Crippen LogP contribution in [0.4, 0.5) is 5.69 Å². The van der Waals surface area contributed by atoms with Crippen LogP contribution in [0.2, 0.25) is 0 Å². The van der Waals surface area contributed by atoms with Crippen molar-refractivity contribution in [2.24, 2.45) is 0 Å². The first kappa shape index (κ1) is 21.7. The van der Waals surface area contributed by atoms with Gasteiger partial charge in [0.25, 0.3) is 5.91 Å². The zero-order chi connectivity index (χ0) is 20.6. The van der Waals surface area contributed by atoms with Gasteiger partial charge in [-0.15, -0.1) is 0 Å². The van der Waals surface area contributed by atoms with Crippen molar-refractivity contribution < 1.29 is 14.3 Å². The van der Waals surface area contributed by atoms with Crippen LogP contribution in [0.1, 0.15) is 43.2 Å². The van der Waals surface area contributed by atoms with E-state index in [0.717, 1.165) is 27.8 Å². The molecule has 0 aliphatic heterocycles. The number of carbonyl (C=O) groups is 1. The molecule has 2 N–H and O–H groups in total. The van der Waals surface area contributed by atoms with Gasteiger partial charge in [0.15, 0.2) is 18.1 Å². The number of ether oxygens (including phenoxy) is 2. The summed E-state index contributed by atoms with van der Waals surface area (Å²) in [5, 5.41) is 6.47. The highest BCUT2D eigenvalue weighted by Gasteiger charge is 2.16. The standard InChI is InChI=1S/C23H29BrN2O3/c1-16-8-10-19(11-9-16)26-22(27)15-29-23-20(24)12-17(13-21(23)28-2)14-25-18-6-4-3-5-7-18/h8-13,18,25H,3-7,14-15H2,1-2H3,(H,26,27). The largest absolute Gasteiger partial charge is 0.493 e. The van der Waals surface area contributed by atoms with E-state index < -0.39 is 0 Å². The van der Waals surface area contributed by atoms with Gasteiger partial charge in [-0.05, 0) is 65.5 Å². The van der Waals surface area contributed by atoms with Crippen LogP contribution in [0.5, 0.6) is 11.5 Å². The Bertz CT molecular complexity index is 818. The fourth-order valence-electron chi connectivity index (χ4n) is 3.56. The molecule has 1 aliphatic carbocycles. The molecule has 1 saturated carbocycles. The first-order chi connectivity index (χ1) is 14.0. The van der Waals surface area contributed by atoms with E-state index >= 15 is 0 Å². The van der Waals surface area contributed by atoms with Gasteiger partial charge in [0.2, 0.25) is 0 Å². The molecule has 2 aromatic carbocycles. The predicted octanol–water partition coefficient (Wildman–Crippen LogP) is 5.21. The number of nitrogens with one attached hydrogen (secondary N) is 2. The minimum absolute atomic E-state index is 0.0947. The zero-order valence-electron chi connectivity index (χ0n) is 17.1. The predicted molar refractivity (Wildman–Crippen MR) is 120 cm³/mol. The van der Waals surface area contributed by atoms with Gasteiger partial charge in [-0.2, -0.15) is 0 Å². The van der Waals surface area contributed by atoms with Crippen molar-refractivity contribution >= 4 is 27.5 Å². The number of benzene rings is 2. The van der Waals surface area contributed by atoms with E-state index in [2.05, 4.69) is 26.6 Å². The van der Waals surface area contributed by atoms with Gasteiger partial charge in [0.05, 0.1) is 11.6 Å². The van der Waals surface area contributed by atoms with Crippen molar-refractivity contribution in [1.29, 1.82) is 0 Å². The second-order valence-electron chi connectivity index (χ2n) is 7.53. The van der Waals surface area contributed by atoms with E-state index in [1.54, 1.807) is 7.11 Å². The molecule has 156 valence electrons. The summed E-state index contributed by atoms with van der Waals surface area (Å²) in [6.07, 6.45) is 6.45. The smallest absolute Gasteiger partial charge is 0.262 e. The highest BCUT2D eigenvalue weighted by atomic mass is 79.9. The summed E-state index contributed by atoms with van der Waals surface area (Å²) < 4.78 is 12.0. The van der Waals surface area contributed by atoms with Crippen molar-refractivity contribution in [1.82, 2.24) is 5.32 Å². The maximum absolute atomic E-state index is 12.2. The molecule has 29 heavy (non-hydrogen) atoms. The van der Waals surface area contributed by atoms with Crippen molar-refractivity contribution in [2.45, 2.75) is 51.6 Å². The van der Waals surface area contributed by atoms with Gasteiger partial charge in [0, 0.05) is 18.3 Å². The zero-order valence-corrected chi connectivity index (χ0v) is 18.7. The number of halogens is 1. The van der Waals surface area contributed by atoms with Crippen LogP contribution >= 0.6 is 15.9 Å². The number of aryl methyl sites for hydroxylation is 1. The monoisotopic (exact) mass is 460 g/mol. The molecule has 1 amide bonds. The molecule has 1 fully saturated rings. The number of methoxy groups -OCH3 is 1. The van der Waals surface area contributed by atoms with Crippen LogP contribution in [0, 0.1) is 6.92 Å². The fourth-order valence-corrected chi connectivity index (χ4v) is 4.16. The number of carbonyl (C=O) groups excluding carboxylic acids is 1. The molecule has 3 rings (SSSR count). The molecule has 0 bridgehead atoms. The Hall–Kier alpha value is -2.05. The fraction of sp³-hybridized carbons (Fsp3) is 0.435. The molecular formula is C23H29BrN2O3. The summed E-state index contributed by atoms with van der Waals surface area (Å²) in [5.74, 6) is 0.932. The molecule has 0 radical (unpaired) electrons. The Labute approximate surface area is 181 Å². The normalized spacial score (nSPS) is 14.4. The third-order valence-electron chi connectivity index (χ3n) is 5.17. The SMILES string of the molecule is COc1cc(CNC2CCCCC2)cc(Br)c1OCC(=O)Nc1ccc(C)cc1. The van der Waals surface area contributed by atoms with Crippen molar-refractivity contribution in [2.75, 3.05) is 19.0 Å². The molecule has 0 saturated heterocycles. The Morgan fingerprint density at radius 2 is 1.86 bits per heavy atom. The Balaban J connectivity index is 1.58. The molecule has 0 unspecified atom stereocenters. The van der Waals surface area contributed by atoms with E-state index in [9.17, 15) is 4.79 Å². The number of anilines is 1. The van der Waals surface area contributed by atoms with Crippen LogP contribution < -0.4 is 20.1 Å². The van der Waals surface area contributed by atoms with E-state index in [0.29, 0.717) is 17.5 Å². The molecule has 2 aromatic rings. The molecular weight excluding hydrogens is 432 g/mol. The molecule has 0 atom stereocenters. The number of rotatable bonds is 8. The Kier molecular flexibility index (Phi) is 7.95. The second-order valence-corrected chi connectivity index (χ2v) is 8.38. The third kappa shape index (κ3) is 6.47. The van der Waals surface area contributed by atoms with E-state index in [4.69, 9.17) is 9.47 Å². The van der Waals surface area contributed by atoms with Crippen LogP contribution in [0.15, 0.2) is 40.9 Å². The van der Waals surface area contributed by atoms with Crippen LogP contribution in [0.25, 0.3) is 0 Å². The van der Waals surface area contributed by atoms with Gasteiger partial charge in [-0.1, -0.05) is 37.0 Å². The van der Waals surface area contributed by atoms with Gasteiger partial charge < -0.3 is 20.1 Å². The highest BCUT2D eigenvalue weighted by Crippen LogP contribution is 2.36. The summed E-state index contributed by atoms with van der Waals surface area (Å²) in [6.45, 7) is 2.70. The molecule has 0 spiro atoms. The first-order valence-corrected chi connectivity index (χ1v) is 10.9. The first-order valence-electron chi connectivity index (χ1n) is 10.1. The van der Waals surface area contributed by atoms with Crippen LogP contribution in [-0.2, 0) is 11.3 Å². The maximum Gasteiger partial charge on any atom is 0.262 e. The summed E-state index contributed by atoms with van der Waals surface area (Å²) >= 11 is 3.57. The lowest BCUT2D eigenvalue weighted by Gasteiger charge is -2.23.